The van der Waals surface area contributed by atoms with Gasteiger partial charge in [0, 0.05) is 28.3 Å². The molecule has 0 aliphatic carbocycles. The molecule has 0 saturated heterocycles. The summed E-state index contributed by atoms with van der Waals surface area (Å²) >= 11 is 3.61. The molecule has 0 spiro atoms. The maximum atomic E-state index is 4.75. The third kappa shape index (κ3) is 4.33. The first-order valence-corrected chi connectivity index (χ1v) is 9.00. The maximum Gasteiger partial charge on any atom is 0.123 e. The third-order valence-electron chi connectivity index (χ3n) is 3.03. The number of benzene rings is 1. The van der Waals surface area contributed by atoms with E-state index in [1.807, 2.05) is 11.8 Å². The van der Waals surface area contributed by atoms with E-state index in [1.54, 1.807) is 11.3 Å². The fourth-order valence-corrected chi connectivity index (χ4v) is 3.63. The Morgan fingerprint density at radius 3 is 2.65 bits per heavy atom. The van der Waals surface area contributed by atoms with Crippen molar-refractivity contribution in [1.82, 2.24) is 10.3 Å². The Labute approximate surface area is 130 Å². The number of thiazole rings is 1. The molecule has 0 aliphatic rings. The molecule has 1 unspecified atom stereocenters. The van der Waals surface area contributed by atoms with Crippen LogP contribution in [0.1, 0.15) is 26.5 Å². The van der Waals surface area contributed by atoms with Gasteiger partial charge in [-0.2, -0.15) is 0 Å². The van der Waals surface area contributed by atoms with Crippen LogP contribution in [0.5, 0.6) is 0 Å². The van der Waals surface area contributed by atoms with Gasteiger partial charge in [0.1, 0.15) is 5.01 Å². The van der Waals surface area contributed by atoms with E-state index in [0.29, 0.717) is 6.04 Å². The Kier molecular flexibility index (Phi) is 6.07. The molecule has 0 aliphatic heterocycles. The van der Waals surface area contributed by atoms with Gasteiger partial charge >= 0.3 is 0 Å². The predicted molar refractivity (Wildman–Crippen MR) is 90.8 cm³/mol. The molecule has 20 heavy (non-hydrogen) atoms. The van der Waals surface area contributed by atoms with Crippen LogP contribution in [0.3, 0.4) is 0 Å². The van der Waals surface area contributed by atoms with Crippen LogP contribution in [0.25, 0.3) is 10.6 Å². The Bertz CT molecular complexity index is 520. The van der Waals surface area contributed by atoms with E-state index in [1.165, 1.54) is 16.2 Å². The zero-order valence-electron chi connectivity index (χ0n) is 12.3. The smallest absolute Gasteiger partial charge is 0.123 e. The van der Waals surface area contributed by atoms with E-state index in [4.69, 9.17) is 4.98 Å². The molecule has 1 aromatic heterocycles. The van der Waals surface area contributed by atoms with Crippen molar-refractivity contribution >= 4 is 23.1 Å². The van der Waals surface area contributed by atoms with Crippen molar-refractivity contribution < 1.29 is 0 Å². The minimum absolute atomic E-state index is 0.485. The van der Waals surface area contributed by atoms with E-state index >= 15 is 0 Å². The lowest BCUT2D eigenvalue weighted by molar-refractivity contribution is 0.561. The van der Waals surface area contributed by atoms with Gasteiger partial charge in [-0.25, -0.2) is 4.98 Å². The molecule has 0 radical (unpaired) electrons. The van der Waals surface area contributed by atoms with E-state index in [9.17, 15) is 0 Å². The number of hydrogen-bond acceptors (Lipinski definition) is 4. The highest BCUT2D eigenvalue weighted by Crippen LogP contribution is 2.27. The Morgan fingerprint density at radius 1 is 1.25 bits per heavy atom. The molecule has 1 aromatic carbocycles. The summed E-state index contributed by atoms with van der Waals surface area (Å²) in [5, 5.41) is 6.73. The van der Waals surface area contributed by atoms with Crippen LogP contribution in [-0.2, 0) is 6.42 Å². The van der Waals surface area contributed by atoms with Crippen LogP contribution >= 0.6 is 23.1 Å². The van der Waals surface area contributed by atoms with Crippen molar-refractivity contribution in [2.24, 2.45) is 0 Å². The van der Waals surface area contributed by atoms with Gasteiger partial charge in [0.2, 0.25) is 0 Å². The molecular formula is C16H22N2S2. The molecule has 4 heteroatoms. The number of aromatic nitrogens is 1. The molecule has 1 heterocycles. The lowest BCUT2D eigenvalue weighted by Crippen LogP contribution is -2.27. The second kappa shape index (κ2) is 7.81. The fourth-order valence-electron chi connectivity index (χ4n) is 2.13. The predicted octanol–water partition coefficient (Wildman–Crippen LogP) is 4.46. The van der Waals surface area contributed by atoms with E-state index in [-0.39, 0.29) is 0 Å². The lowest BCUT2D eigenvalue weighted by Gasteiger charge is -2.09. The second-order valence-corrected chi connectivity index (χ2v) is 6.96. The van der Waals surface area contributed by atoms with E-state index in [0.717, 1.165) is 23.7 Å². The normalized spacial score (nSPS) is 12.6. The first-order chi connectivity index (χ1) is 9.72. The summed E-state index contributed by atoms with van der Waals surface area (Å²) in [4.78, 5) is 6.08. The van der Waals surface area contributed by atoms with Crippen LogP contribution in [0.4, 0.5) is 0 Å². The lowest BCUT2D eigenvalue weighted by atomic mass is 10.2. The van der Waals surface area contributed by atoms with Crippen LogP contribution < -0.4 is 5.32 Å². The molecule has 0 amide bonds. The molecule has 0 bridgehead atoms. The number of likely N-dealkylation sites (N-methyl/N-ethyl adjacent to an activating group) is 1. The molecule has 2 aromatic rings. The first kappa shape index (κ1) is 15.5. The number of nitrogens with zero attached hydrogens (tertiary/aromatic N) is 1. The summed E-state index contributed by atoms with van der Waals surface area (Å²) in [5.74, 6) is 1.11. The van der Waals surface area contributed by atoms with Crippen molar-refractivity contribution in [1.29, 1.82) is 0 Å². The summed E-state index contributed by atoms with van der Waals surface area (Å²) in [5.41, 5.74) is 2.41. The summed E-state index contributed by atoms with van der Waals surface area (Å²) in [6.07, 6.45) is 0.994. The average Bonchev–Trinajstić information content (AvgIpc) is 2.88. The van der Waals surface area contributed by atoms with Crippen molar-refractivity contribution in [3.8, 4) is 10.6 Å². The Morgan fingerprint density at radius 2 is 2.00 bits per heavy atom. The van der Waals surface area contributed by atoms with E-state index < -0.39 is 0 Å². The van der Waals surface area contributed by atoms with Crippen molar-refractivity contribution in [2.45, 2.75) is 38.1 Å². The van der Waals surface area contributed by atoms with Gasteiger partial charge in [-0.15, -0.1) is 23.1 Å². The molecule has 0 fully saturated rings. The zero-order chi connectivity index (χ0) is 14.4. The number of rotatable bonds is 7. The minimum Gasteiger partial charge on any atom is -0.314 e. The van der Waals surface area contributed by atoms with Gasteiger partial charge in [-0.05, 0) is 31.4 Å². The summed E-state index contributed by atoms with van der Waals surface area (Å²) in [6.45, 7) is 7.53. The number of nitrogens with one attached hydrogen (secondary N) is 1. The van der Waals surface area contributed by atoms with Gasteiger partial charge in [0.25, 0.3) is 0 Å². The monoisotopic (exact) mass is 306 g/mol. The molecule has 0 saturated carbocycles. The fraction of sp³-hybridized carbons (Fsp3) is 0.438. The highest BCUT2D eigenvalue weighted by atomic mass is 32.2. The highest BCUT2D eigenvalue weighted by Gasteiger charge is 2.08. The van der Waals surface area contributed by atoms with Gasteiger partial charge in [-0.3, -0.25) is 0 Å². The van der Waals surface area contributed by atoms with Gasteiger partial charge in [-0.1, -0.05) is 26.0 Å². The molecular weight excluding hydrogens is 284 g/mol. The molecule has 2 nitrogen and oxygen atoms in total. The van der Waals surface area contributed by atoms with Crippen molar-refractivity contribution in [3.63, 3.8) is 0 Å². The van der Waals surface area contributed by atoms with Crippen molar-refractivity contribution in [3.05, 3.63) is 35.3 Å². The standard InChI is InChI=1S/C16H22N2S2/c1-4-17-12(3)10-14-11-20-16(18-14)13-6-8-15(9-7-13)19-5-2/h6-9,11-12,17H,4-5,10H2,1-3H3. The van der Waals surface area contributed by atoms with Gasteiger partial charge in [0.05, 0.1) is 5.69 Å². The van der Waals surface area contributed by atoms with E-state index in [2.05, 4.69) is 55.7 Å². The molecule has 108 valence electrons. The largest absolute Gasteiger partial charge is 0.314 e. The number of hydrogen-bond donors (Lipinski definition) is 1. The van der Waals surface area contributed by atoms with Crippen LogP contribution in [0.15, 0.2) is 34.5 Å². The first-order valence-electron chi connectivity index (χ1n) is 7.14. The van der Waals surface area contributed by atoms with Gasteiger partial charge < -0.3 is 5.32 Å². The van der Waals surface area contributed by atoms with Crippen LogP contribution in [0.2, 0.25) is 0 Å². The topological polar surface area (TPSA) is 24.9 Å². The summed E-state index contributed by atoms with van der Waals surface area (Å²) in [7, 11) is 0. The van der Waals surface area contributed by atoms with Gasteiger partial charge in [0.15, 0.2) is 0 Å². The molecule has 1 N–H and O–H groups in total. The van der Waals surface area contributed by atoms with Crippen molar-refractivity contribution in [2.75, 3.05) is 12.3 Å². The quantitative estimate of drug-likeness (QED) is 0.764. The summed E-state index contributed by atoms with van der Waals surface area (Å²) < 4.78 is 0. The highest BCUT2D eigenvalue weighted by molar-refractivity contribution is 7.99. The minimum atomic E-state index is 0.485. The Hall–Kier alpha value is -0.840. The third-order valence-corrected chi connectivity index (χ3v) is 4.87. The zero-order valence-corrected chi connectivity index (χ0v) is 14.0. The Balaban J connectivity index is 2.04. The second-order valence-electron chi connectivity index (χ2n) is 4.76. The average molecular weight is 306 g/mol. The maximum absolute atomic E-state index is 4.75. The number of thioether (sulfide) groups is 1. The molecule has 1 atom stereocenters. The van der Waals surface area contributed by atoms with Crippen LogP contribution in [0, 0.1) is 0 Å². The molecule has 2 rings (SSSR count). The summed E-state index contributed by atoms with van der Waals surface area (Å²) in [6, 6.07) is 9.21. The SMILES string of the molecule is CCNC(C)Cc1csc(-c2ccc(SCC)cc2)n1. The van der Waals surface area contributed by atoms with Crippen LogP contribution in [-0.4, -0.2) is 23.3 Å².